The van der Waals surface area contributed by atoms with Gasteiger partial charge in [0, 0.05) is 38.0 Å². The van der Waals surface area contributed by atoms with Crippen LogP contribution in [0, 0.1) is 5.92 Å². The Kier molecular flexibility index (Phi) is 5.38. The highest BCUT2D eigenvalue weighted by Gasteiger charge is 2.22. The highest BCUT2D eigenvalue weighted by Crippen LogP contribution is 2.23. The summed E-state index contributed by atoms with van der Waals surface area (Å²) in [4.78, 5) is 18.2. The molecule has 0 unspecified atom stereocenters. The van der Waals surface area contributed by atoms with Gasteiger partial charge in [-0.15, -0.1) is 0 Å². The number of nitrogens with zero attached hydrogens (tertiary/aromatic N) is 2. The summed E-state index contributed by atoms with van der Waals surface area (Å²) in [5.41, 5.74) is 0.929. The minimum atomic E-state index is -0.0129. The standard InChI is InChI=1S/C19H23N3O3/c1-14-8-9-22(13-14)19(23)21-12-15-6-7-18(20-11-15)25-17-5-3-4-16(10-17)24-2/h3-7,10-11,14H,8-9,12-13H2,1-2H3,(H,21,23)/t14-/m1/s1. The number of nitrogens with one attached hydrogen (secondary N) is 1. The molecule has 132 valence electrons. The van der Waals surface area contributed by atoms with Crippen molar-refractivity contribution in [1.82, 2.24) is 15.2 Å². The Morgan fingerprint density at radius 1 is 1.32 bits per heavy atom. The van der Waals surface area contributed by atoms with Crippen molar-refractivity contribution >= 4 is 6.03 Å². The predicted molar refractivity (Wildman–Crippen MR) is 94.9 cm³/mol. The molecule has 1 fully saturated rings. The summed E-state index contributed by atoms with van der Waals surface area (Å²) in [6, 6.07) is 11.0. The number of carbonyl (C=O) groups is 1. The van der Waals surface area contributed by atoms with Gasteiger partial charge in [0.15, 0.2) is 0 Å². The van der Waals surface area contributed by atoms with Crippen molar-refractivity contribution in [3.63, 3.8) is 0 Å². The Labute approximate surface area is 147 Å². The monoisotopic (exact) mass is 341 g/mol. The van der Waals surface area contributed by atoms with Gasteiger partial charge >= 0.3 is 6.03 Å². The summed E-state index contributed by atoms with van der Waals surface area (Å²) in [6.45, 7) is 4.28. The van der Waals surface area contributed by atoms with Crippen LogP contribution in [-0.2, 0) is 6.54 Å². The van der Waals surface area contributed by atoms with Gasteiger partial charge < -0.3 is 19.7 Å². The maximum absolute atomic E-state index is 12.1. The number of ether oxygens (including phenoxy) is 2. The van der Waals surface area contributed by atoms with Crippen LogP contribution in [0.15, 0.2) is 42.6 Å². The molecule has 1 aromatic heterocycles. The second-order valence-electron chi connectivity index (χ2n) is 6.28. The molecular weight excluding hydrogens is 318 g/mol. The van der Waals surface area contributed by atoms with Crippen molar-refractivity contribution in [3.8, 4) is 17.4 Å². The highest BCUT2D eigenvalue weighted by molar-refractivity contribution is 5.74. The average molecular weight is 341 g/mol. The Bertz CT molecular complexity index is 718. The molecule has 6 nitrogen and oxygen atoms in total. The molecule has 3 rings (SSSR count). The first-order chi connectivity index (χ1) is 12.1. The van der Waals surface area contributed by atoms with E-state index in [-0.39, 0.29) is 6.03 Å². The van der Waals surface area contributed by atoms with Crippen LogP contribution in [0.4, 0.5) is 4.79 Å². The molecule has 0 spiro atoms. The Balaban J connectivity index is 1.52. The number of methoxy groups -OCH3 is 1. The summed E-state index contributed by atoms with van der Waals surface area (Å²) in [5.74, 6) is 2.47. The number of aromatic nitrogens is 1. The Morgan fingerprint density at radius 3 is 2.84 bits per heavy atom. The summed E-state index contributed by atoms with van der Waals surface area (Å²) >= 11 is 0. The average Bonchev–Trinajstić information content (AvgIpc) is 3.07. The van der Waals surface area contributed by atoms with Crippen molar-refractivity contribution in [3.05, 3.63) is 48.2 Å². The van der Waals surface area contributed by atoms with Crippen LogP contribution in [0.5, 0.6) is 17.4 Å². The van der Waals surface area contributed by atoms with Gasteiger partial charge in [0.05, 0.1) is 7.11 Å². The minimum Gasteiger partial charge on any atom is -0.497 e. The molecule has 25 heavy (non-hydrogen) atoms. The van der Waals surface area contributed by atoms with Crippen LogP contribution in [0.25, 0.3) is 0 Å². The zero-order valence-electron chi connectivity index (χ0n) is 14.6. The lowest BCUT2D eigenvalue weighted by molar-refractivity contribution is 0.207. The largest absolute Gasteiger partial charge is 0.497 e. The van der Waals surface area contributed by atoms with Crippen LogP contribution in [-0.4, -0.2) is 36.1 Å². The molecule has 1 aliphatic heterocycles. The topological polar surface area (TPSA) is 63.7 Å². The molecule has 1 N–H and O–H groups in total. The molecule has 1 saturated heterocycles. The normalized spacial score (nSPS) is 16.6. The first-order valence-electron chi connectivity index (χ1n) is 8.43. The molecule has 0 saturated carbocycles. The van der Waals surface area contributed by atoms with E-state index in [4.69, 9.17) is 9.47 Å². The maximum atomic E-state index is 12.1. The quantitative estimate of drug-likeness (QED) is 0.905. The molecule has 0 bridgehead atoms. The van der Waals surface area contributed by atoms with Gasteiger partial charge in [-0.05, 0) is 30.0 Å². The first kappa shape index (κ1) is 17.1. The fourth-order valence-electron chi connectivity index (χ4n) is 2.77. The molecule has 1 atom stereocenters. The predicted octanol–water partition coefficient (Wildman–Crippen LogP) is 3.43. The number of benzene rings is 1. The number of urea groups is 1. The molecule has 2 heterocycles. The lowest BCUT2D eigenvalue weighted by atomic mass is 10.2. The number of hydrogen-bond donors (Lipinski definition) is 1. The lowest BCUT2D eigenvalue weighted by Gasteiger charge is -2.16. The van der Waals surface area contributed by atoms with Gasteiger partial charge in [-0.3, -0.25) is 0 Å². The van der Waals surface area contributed by atoms with Crippen molar-refractivity contribution in [1.29, 1.82) is 0 Å². The van der Waals surface area contributed by atoms with E-state index in [1.807, 2.05) is 29.2 Å². The number of hydrogen-bond acceptors (Lipinski definition) is 4. The Morgan fingerprint density at radius 2 is 2.16 bits per heavy atom. The third kappa shape index (κ3) is 4.62. The number of amides is 2. The van der Waals surface area contributed by atoms with Gasteiger partial charge in [-0.2, -0.15) is 0 Å². The minimum absolute atomic E-state index is 0.0129. The fourth-order valence-corrected chi connectivity index (χ4v) is 2.77. The molecule has 0 aliphatic carbocycles. The summed E-state index contributed by atoms with van der Waals surface area (Å²) in [5, 5.41) is 2.94. The van der Waals surface area contributed by atoms with Crippen LogP contribution < -0.4 is 14.8 Å². The molecule has 1 aliphatic rings. The SMILES string of the molecule is COc1cccc(Oc2ccc(CNC(=O)N3CC[C@@H](C)C3)cn2)c1. The third-order valence-corrected chi connectivity index (χ3v) is 4.22. The molecule has 0 radical (unpaired) electrons. The van der Waals surface area contributed by atoms with E-state index in [2.05, 4.69) is 17.2 Å². The van der Waals surface area contributed by atoms with Crippen molar-refractivity contribution in [2.45, 2.75) is 19.9 Å². The lowest BCUT2D eigenvalue weighted by Crippen LogP contribution is -2.37. The van der Waals surface area contributed by atoms with E-state index in [0.29, 0.717) is 24.1 Å². The zero-order valence-corrected chi connectivity index (χ0v) is 14.6. The summed E-state index contributed by atoms with van der Waals surface area (Å²) in [6.07, 6.45) is 2.79. The van der Waals surface area contributed by atoms with Gasteiger partial charge in [0.2, 0.25) is 5.88 Å². The molecule has 2 aromatic rings. The van der Waals surface area contributed by atoms with E-state index in [9.17, 15) is 4.79 Å². The number of carbonyl (C=O) groups excluding carboxylic acids is 1. The number of rotatable bonds is 5. The first-order valence-corrected chi connectivity index (χ1v) is 8.43. The molecule has 2 amide bonds. The van der Waals surface area contributed by atoms with Gasteiger partial charge in [-0.1, -0.05) is 19.1 Å². The van der Waals surface area contributed by atoms with Gasteiger partial charge in [0.1, 0.15) is 11.5 Å². The number of likely N-dealkylation sites (tertiary alicyclic amines) is 1. The second kappa shape index (κ2) is 7.88. The molecule has 6 heteroatoms. The highest BCUT2D eigenvalue weighted by atomic mass is 16.5. The summed E-state index contributed by atoms with van der Waals surface area (Å²) < 4.78 is 10.9. The summed E-state index contributed by atoms with van der Waals surface area (Å²) in [7, 11) is 1.61. The van der Waals surface area contributed by atoms with E-state index < -0.39 is 0 Å². The van der Waals surface area contributed by atoms with Gasteiger partial charge in [0.25, 0.3) is 0 Å². The van der Waals surface area contributed by atoms with Crippen LogP contribution in [0.3, 0.4) is 0 Å². The van der Waals surface area contributed by atoms with Gasteiger partial charge in [-0.25, -0.2) is 9.78 Å². The fraction of sp³-hybridized carbons (Fsp3) is 0.368. The van der Waals surface area contributed by atoms with Crippen LogP contribution in [0.2, 0.25) is 0 Å². The van der Waals surface area contributed by atoms with Crippen molar-refractivity contribution in [2.75, 3.05) is 20.2 Å². The third-order valence-electron chi connectivity index (χ3n) is 4.22. The molecular formula is C19H23N3O3. The molecule has 1 aromatic carbocycles. The van der Waals surface area contributed by atoms with E-state index in [0.717, 1.165) is 30.8 Å². The van der Waals surface area contributed by atoms with E-state index in [1.165, 1.54) is 0 Å². The number of pyridine rings is 1. The maximum Gasteiger partial charge on any atom is 0.317 e. The van der Waals surface area contributed by atoms with Crippen molar-refractivity contribution in [2.24, 2.45) is 5.92 Å². The second-order valence-corrected chi connectivity index (χ2v) is 6.28. The van der Waals surface area contributed by atoms with E-state index >= 15 is 0 Å². The van der Waals surface area contributed by atoms with Crippen LogP contribution >= 0.6 is 0 Å². The Hall–Kier alpha value is -2.76. The van der Waals surface area contributed by atoms with Crippen LogP contribution in [0.1, 0.15) is 18.9 Å². The smallest absolute Gasteiger partial charge is 0.317 e. The van der Waals surface area contributed by atoms with Crippen molar-refractivity contribution < 1.29 is 14.3 Å². The van der Waals surface area contributed by atoms with E-state index in [1.54, 1.807) is 25.4 Å². The zero-order chi connectivity index (χ0) is 17.6.